The minimum atomic E-state index is -0.494. The number of carbonyl (C=O) groups is 2. The molecular formula is C18H25ClN2O3. The molecule has 2 rings (SSSR count). The standard InChI is InChI=1S/C18H25ClN2O3/c1-18(2,3)24-17(23)20-13-8-10-21(11-9-13)12-16(22)14-6-4-5-7-15(14)19/h4-7,13H,8-12H2,1-3H3,(H,20,23). The molecule has 0 atom stereocenters. The van der Waals surface area contributed by atoms with Gasteiger partial charge in [-0.05, 0) is 45.7 Å². The number of amides is 1. The van der Waals surface area contributed by atoms with E-state index in [1.54, 1.807) is 12.1 Å². The van der Waals surface area contributed by atoms with Gasteiger partial charge in [-0.15, -0.1) is 0 Å². The highest BCUT2D eigenvalue weighted by Gasteiger charge is 2.25. The van der Waals surface area contributed by atoms with Crippen LogP contribution in [0.3, 0.4) is 0 Å². The van der Waals surface area contributed by atoms with Crippen molar-refractivity contribution in [3.8, 4) is 0 Å². The van der Waals surface area contributed by atoms with Crippen LogP contribution in [0.4, 0.5) is 4.79 Å². The van der Waals surface area contributed by atoms with Gasteiger partial charge in [-0.2, -0.15) is 0 Å². The summed E-state index contributed by atoms with van der Waals surface area (Å²) in [6.45, 7) is 7.40. The molecular weight excluding hydrogens is 328 g/mol. The summed E-state index contributed by atoms with van der Waals surface area (Å²) >= 11 is 6.07. The van der Waals surface area contributed by atoms with E-state index in [4.69, 9.17) is 16.3 Å². The number of Topliss-reactive ketones (excluding diaryl/α,β-unsaturated/α-hetero) is 1. The van der Waals surface area contributed by atoms with E-state index in [0.717, 1.165) is 25.9 Å². The summed E-state index contributed by atoms with van der Waals surface area (Å²) in [6, 6.07) is 7.20. The Balaban J connectivity index is 1.78. The molecule has 1 aromatic carbocycles. The zero-order valence-electron chi connectivity index (χ0n) is 14.5. The average Bonchev–Trinajstić information content (AvgIpc) is 2.47. The van der Waals surface area contributed by atoms with Gasteiger partial charge in [0.1, 0.15) is 5.60 Å². The number of benzene rings is 1. The SMILES string of the molecule is CC(C)(C)OC(=O)NC1CCN(CC(=O)c2ccccc2Cl)CC1. The van der Waals surface area contributed by atoms with Crippen LogP contribution in [0, 0.1) is 0 Å². The fourth-order valence-electron chi connectivity index (χ4n) is 2.69. The van der Waals surface area contributed by atoms with Crippen LogP contribution in [0.15, 0.2) is 24.3 Å². The summed E-state index contributed by atoms with van der Waals surface area (Å²) in [5.74, 6) is 0.0270. The van der Waals surface area contributed by atoms with Gasteiger partial charge in [0, 0.05) is 24.7 Å². The van der Waals surface area contributed by atoms with E-state index < -0.39 is 5.60 Å². The van der Waals surface area contributed by atoms with Gasteiger partial charge in [0.2, 0.25) is 0 Å². The lowest BCUT2D eigenvalue weighted by molar-refractivity contribution is 0.0476. The largest absolute Gasteiger partial charge is 0.444 e. The lowest BCUT2D eigenvalue weighted by atomic mass is 10.0. The Morgan fingerprint density at radius 1 is 1.25 bits per heavy atom. The number of carbonyl (C=O) groups excluding carboxylic acids is 2. The highest BCUT2D eigenvalue weighted by atomic mass is 35.5. The molecule has 1 fully saturated rings. The van der Waals surface area contributed by atoms with E-state index in [1.807, 2.05) is 32.9 Å². The molecule has 1 heterocycles. The molecule has 0 bridgehead atoms. The molecule has 1 N–H and O–H groups in total. The Kier molecular flexibility index (Phi) is 6.24. The number of nitrogens with one attached hydrogen (secondary N) is 1. The van der Waals surface area contributed by atoms with Gasteiger partial charge in [0.25, 0.3) is 0 Å². The molecule has 24 heavy (non-hydrogen) atoms. The molecule has 1 amide bonds. The molecule has 0 spiro atoms. The molecule has 0 aromatic heterocycles. The third-order valence-electron chi connectivity index (χ3n) is 3.85. The molecule has 0 aliphatic carbocycles. The molecule has 1 aromatic rings. The highest BCUT2D eigenvalue weighted by molar-refractivity contribution is 6.34. The Bertz CT molecular complexity index is 590. The molecule has 5 nitrogen and oxygen atoms in total. The van der Waals surface area contributed by atoms with E-state index in [2.05, 4.69) is 10.2 Å². The van der Waals surface area contributed by atoms with Crippen molar-refractivity contribution in [2.24, 2.45) is 0 Å². The van der Waals surface area contributed by atoms with E-state index in [9.17, 15) is 9.59 Å². The van der Waals surface area contributed by atoms with Crippen LogP contribution in [-0.2, 0) is 4.74 Å². The van der Waals surface area contributed by atoms with Crippen LogP contribution in [0.2, 0.25) is 5.02 Å². The van der Waals surface area contributed by atoms with Crippen LogP contribution >= 0.6 is 11.6 Å². The normalized spacial score (nSPS) is 16.7. The molecule has 1 saturated heterocycles. The van der Waals surface area contributed by atoms with E-state index >= 15 is 0 Å². The number of ketones is 1. The van der Waals surface area contributed by atoms with Crippen molar-refractivity contribution < 1.29 is 14.3 Å². The summed E-state index contributed by atoms with van der Waals surface area (Å²) in [5.41, 5.74) is 0.0692. The maximum absolute atomic E-state index is 12.3. The molecule has 6 heteroatoms. The van der Waals surface area contributed by atoms with Crippen molar-refractivity contribution in [2.45, 2.75) is 45.3 Å². The second kappa shape index (κ2) is 7.99. The maximum Gasteiger partial charge on any atom is 0.407 e. The van der Waals surface area contributed by atoms with Gasteiger partial charge in [0.15, 0.2) is 5.78 Å². The van der Waals surface area contributed by atoms with Crippen molar-refractivity contribution in [2.75, 3.05) is 19.6 Å². The zero-order chi connectivity index (χ0) is 17.7. The fourth-order valence-corrected chi connectivity index (χ4v) is 2.93. The number of hydrogen-bond donors (Lipinski definition) is 1. The number of halogens is 1. The zero-order valence-corrected chi connectivity index (χ0v) is 15.2. The van der Waals surface area contributed by atoms with Crippen molar-refractivity contribution in [3.63, 3.8) is 0 Å². The minimum absolute atomic E-state index is 0.0270. The maximum atomic E-state index is 12.3. The van der Waals surface area contributed by atoms with E-state index in [0.29, 0.717) is 17.1 Å². The molecule has 0 unspecified atom stereocenters. The van der Waals surface area contributed by atoms with Gasteiger partial charge in [-0.3, -0.25) is 9.69 Å². The van der Waals surface area contributed by atoms with Crippen LogP contribution in [0.1, 0.15) is 44.0 Å². The van der Waals surface area contributed by atoms with Gasteiger partial charge in [-0.1, -0.05) is 23.7 Å². The molecule has 132 valence electrons. The van der Waals surface area contributed by atoms with Gasteiger partial charge in [-0.25, -0.2) is 4.79 Å². The number of alkyl carbamates (subject to hydrolysis) is 1. The monoisotopic (exact) mass is 352 g/mol. The lowest BCUT2D eigenvalue weighted by Crippen LogP contribution is -2.47. The fraction of sp³-hybridized carbons (Fsp3) is 0.556. The average molecular weight is 353 g/mol. The topological polar surface area (TPSA) is 58.6 Å². The quantitative estimate of drug-likeness (QED) is 0.842. The predicted molar refractivity (Wildman–Crippen MR) is 94.6 cm³/mol. The minimum Gasteiger partial charge on any atom is -0.444 e. The summed E-state index contributed by atoms with van der Waals surface area (Å²) in [6.07, 6.45) is 1.22. The summed E-state index contributed by atoms with van der Waals surface area (Å²) in [5, 5.41) is 3.39. The third-order valence-corrected chi connectivity index (χ3v) is 4.18. The van der Waals surface area contributed by atoms with Crippen molar-refractivity contribution in [1.29, 1.82) is 0 Å². The van der Waals surface area contributed by atoms with Crippen molar-refractivity contribution in [1.82, 2.24) is 10.2 Å². The van der Waals surface area contributed by atoms with Crippen LogP contribution in [-0.4, -0.2) is 48.1 Å². The molecule has 1 aliphatic rings. The summed E-state index contributed by atoms with van der Waals surface area (Å²) in [4.78, 5) is 26.2. The van der Waals surface area contributed by atoms with Crippen molar-refractivity contribution >= 4 is 23.5 Å². The first-order valence-corrected chi connectivity index (χ1v) is 8.62. The summed E-state index contributed by atoms with van der Waals surface area (Å²) < 4.78 is 5.27. The molecule has 0 radical (unpaired) electrons. The summed E-state index contributed by atoms with van der Waals surface area (Å²) in [7, 11) is 0. The number of rotatable bonds is 4. The van der Waals surface area contributed by atoms with Crippen LogP contribution in [0.5, 0.6) is 0 Å². The lowest BCUT2D eigenvalue weighted by Gasteiger charge is -2.32. The van der Waals surface area contributed by atoms with Gasteiger partial charge >= 0.3 is 6.09 Å². The second-order valence-corrected chi connectivity index (χ2v) is 7.51. The van der Waals surface area contributed by atoms with Gasteiger partial charge < -0.3 is 10.1 Å². The molecule has 1 aliphatic heterocycles. The Labute approximate surface area is 148 Å². The van der Waals surface area contributed by atoms with E-state index in [1.165, 1.54) is 0 Å². The first-order chi connectivity index (χ1) is 11.2. The van der Waals surface area contributed by atoms with Gasteiger partial charge in [0.05, 0.1) is 11.6 Å². The highest BCUT2D eigenvalue weighted by Crippen LogP contribution is 2.17. The number of likely N-dealkylation sites (tertiary alicyclic amines) is 1. The Morgan fingerprint density at radius 3 is 2.46 bits per heavy atom. The second-order valence-electron chi connectivity index (χ2n) is 7.10. The number of ether oxygens (including phenoxy) is 1. The number of hydrogen-bond acceptors (Lipinski definition) is 4. The first kappa shape index (κ1) is 18.7. The van der Waals surface area contributed by atoms with Crippen molar-refractivity contribution in [3.05, 3.63) is 34.9 Å². The smallest absolute Gasteiger partial charge is 0.407 e. The Morgan fingerprint density at radius 2 is 1.88 bits per heavy atom. The third kappa shape index (κ3) is 5.80. The molecule has 0 saturated carbocycles. The first-order valence-electron chi connectivity index (χ1n) is 8.24. The predicted octanol–water partition coefficient (Wildman–Crippen LogP) is 3.51. The van der Waals surface area contributed by atoms with Crippen LogP contribution < -0.4 is 5.32 Å². The van der Waals surface area contributed by atoms with E-state index in [-0.39, 0.29) is 17.9 Å². The Hall–Kier alpha value is -1.59. The number of piperidine rings is 1. The number of nitrogens with zero attached hydrogens (tertiary/aromatic N) is 1. The van der Waals surface area contributed by atoms with Crippen LogP contribution in [0.25, 0.3) is 0 Å².